The predicted molar refractivity (Wildman–Crippen MR) is 92.1 cm³/mol. The number of aryl methyl sites for hydroxylation is 1. The summed E-state index contributed by atoms with van der Waals surface area (Å²) in [5.74, 6) is -0.816. The Kier molecular flexibility index (Phi) is 5.54. The molecule has 150 valence electrons. The number of nitrogens with two attached hydrogens (primary N) is 1. The van der Waals surface area contributed by atoms with Crippen molar-refractivity contribution in [2.24, 2.45) is 10.7 Å². The Balaban J connectivity index is 1.84. The number of benzene rings is 1. The first-order valence-corrected chi connectivity index (χ1v) is 8.27. The number of anilines is 1. The fourth-order valence-electron chi connectivity index (χ4n) is 2.68. The lowest BCUT2D eigenvalue weighted by Gasteiger charge is -2.33. The minimum atomic E-state index is -3.09. The smallest absolute Gasteiger partial charge is 0.418 e. The Bertz CT molecular complexity index is 902. The molecule has 1 aromatic carbocycles. The summed E-state index contributed by atoms with van der Waals surface area (Å²) >= 11 is 0. The number of nitrogens with one attached hydrogen (secondary N) is 1. The Morgan fingerprint density at radius 2 is 2.25 bits per heavy atom. The number of alkyl halides is 2. The van der Waals surface area contributed by atoms with Crippen molar-refractivity contribution in [2.45, 2.75) is 25.3 Å². The van der Waals surface area contributed by atoms with Crippen LogP contribution in [-0.2, 0) is 16.7 Å². The number of carbonyl (C=O) groups is 1. The molecule has 28 heavy (non-hydrogen) atoms. The standard InChI is InChI=1S/C17H17F3N4O4/c1-2-13-23-14(7-27-13)28-16(25)22-9-3-4-11(18)10(5-9)17(15(19)20)8-26-6-12(21)24-17/h3-5,7,15H,2,6,8H2,1H3,(H2,21,24)(H,22,25)/t17-/m0/s1. The van der Waals surface area contributed by atoms with E-state index in [1.807, 2.05) is 0 Å². The van der Waals surface area contributed by atoms with Gasteiger partial charge in [0.1, 0.15) is 18.3 Å². The van der Waals surface area contributed by atoms with Crippen LogP contribution in [0.4, 0.5) is 23.7 Å². The molecule has 1 aliphatic rings. The normalized spacial score (nSPS) is 19.4. The topological polar surface area (TPSA) is 112 Å². The molecule has 0 saturated heterocycles. The van der Waals surface area contributed by atoms with Crippen LogP contribution in [0.25, 0.3) is 0 Å². The molecule has 2 heterocycles. The fourth-order valence-corrected chi connectivity index (χ4v) is 2.68. The van der Waals surface area contributed by atoms with Crippen LogP contribution in [0.1, 0.15) is 18.4 Å². The first-order chi connectivity index (χ1) is 13.3. The first kappa shape index (κ1) is 19.7. The molecule has 0 spiro atoms. The van der Waals surface area contributed by atoms with E-state index < -0.39 is 36.0 Å². The highest BCUT2D eigenvalue weighted by atomic mass is 19.3. The molecule has 3 N–H and O–H groups in total. The monoisotopic (exact) mass is 398 g/mol. The number of hydrogen-bond donors (Lipinski definition) is 2. The summed E-state index contributed by atoms with van der Waals surface area (Å²) in [6.07, 6.45) is -2.39. The number of aromatic nitrogens is 1. The van der Waals surface area contributed by atoms with Crippen LogP contribution in [0.2, 0.25) is 0 Å². The van der Waals surface area contributed by atoms with E-state index in [9.17, 15) is 18.0 Å². The minimum Gasteiger partial charge on any atom is -0.445 e. The van der Waals surface area contributed by atoms with Gasteiger partial charge in [-0.2, -0.15) is 4.98 Å². The van der Waals surface area contributed by atoms with Gasteiger partial charge in [0.15, 0.2) is 17.7 Å². The maximum atomic E-state index is 14.3. The molecule has 1 amide bonds. The van der Waals surface area contributed by atoms with Crippen molar-refractivity contribution < 1.29 is 31.9 Å². The van der Waals surface area contributed by atoms with Gasteiger partial charge in [0, 0.05) is 17.7 Å². The molecule has 8 nitrogen and oxygen atoms in total. The number of amidine groups is 1. The van der Waals surface area contributed by atoms with Gasteiger partial charge in [0.25, 0.3) is 12.3 Å². The van der Waals surface area contributed by atoms with E-state index in [1.165, 1.54) is 6.07 Å². The van der Waals surface area contributed by atoms with Crippen molar-refractivity contribution in [1.29, 1.82) is 0 Å². The van der Waals surface area contributed by atoms with Crippen molar-refractivity contribution in [3.8, 4) is 5.88 Å². The zero-order chi connectivity index (χ0) is 20.3. The van der Waals surface area contributed by atoms with Crippen molar-refractivity contribution in [3.63, 3.8) is 0 Å². The van der Waals surface area contributed by atoms with E-state index in [4.69, 9.17) is 19.6 Å². The van der Waals surface area contributed by atoms with E-state index >= 15 is 0 Å². The quantitative estimate of drug-likeness (QED) is 0.801. The molecule has 2 aromatic rings. The molecule has 0 saturated carbocycles. The molecule has 3 rings (SSSR count). The Labute approximate surface area is 157 Å². The maximum absolute atomic E-state index is 14.3. The summed E-state index contributed by atoms with van der Waals surface area (Å²) in [5, 5.41) is 2.32. The maximum Gasteiger partial charge on any atom is 0.418 e. The summed E-state index contributed by atoms with van der Waals surface area (Å²) in [4.78, 5) is 19.6. The van der Waals surface area contributed by atoms with Crippen LogP contribution in [-0.4, -0.2) is 36.6 Å². The van der Waals surface area contributed by atoms with Gasteiger partial charge in [-0.1, -0.05) is 6.92 Å². The molecule has 0 fully saturated rings. The van der Waals surface area contributed by atoms with Crippen LogP contribution < -0.4 is 15.8 Å². The second-order valence-electron chi connectivity index (χ2n) is 5.96. The molecule has 1 atom stereocenters. The SMILES string of the molecule is CCc1nc(OC(=O)Nc2ccc(F)c([C@]3(C(F)F)COCC(N)=N3)c2)co1. The summed E-state index contributed by atoms with van der Waals surface area (Å²) < 4.78 is 57.0. The fraction of sp³-hybridized carbons (Fsp3) is 0.353. The largest absolute Gasteiger partial charge is 0.445 e. The summed E-state index contributed by atoms with van der Waals surface area (Å²) in [6.45, 7) is 1.12. The number of carbonyl (C=O) groups excluding carboxylic acids is 1. The van der Waals surface area contributed by atoms with Crippen LogP contribution in [0.3, 0.4) is 0 Å². The first-order valence-electron chi connectivity index (χ1n) is 8.27. The lowest BCUT2D eigenvalue weighted by atomic mass is 9.90. The summed E-state index contributed by atoms with van der Waals surface area (Å²) in [7, 11) is 0. The highest BCUT2D eigenvalue weighted by Crippen LogP contribution is 2.37. The van der Waals surface area contributed by atoms with E-state index in [1.54, 1.807) is 6.92 Å². The van der Waals surface area contributed by atoms with Crippen molar-refractivity contribution in [1.82, 2.24) is 4.98 Å². The third kappa shape index (κ3) is 3.93. The van der Waals surface area contributed by atoms with Gasteiger partial charge in [0.2, 0.25) is 0 Å². The van der Waals surface area contributed by atoms with E-state index in [0.717, 1.165) is 18.4 Å². The summed E-state index contributed by atoms with van der Waals surface area (Å²) in [5.41, 5.74) is 2.76. The number of ether oxygens (including phenoxy) is 2. The third-order valence-corrected chi connectivity index (χ3v) is 3.99. The highest BCUT2D eigenvalue weighted by molar-refractivity contribution is 5.86. The molecule has 1 aromatic heterocycles. The zero-order valence-corrected chi connectivity index (χ0v) is 14.7. The van der Waals surface area contributed by atoms with Gasteiger partial charge in [-0.15, -0.1) is 0 Å². The predicted octanol–water partition coefficient (Wildman–Crippen LogP) is 2.83. The van der Waals surface area contributed by atoms with Gasteiger partial charge in [0.05, 0.1) is 6.61 Å². The molecule has 0 bridgehead atoms. The second kappa shape index (κ2) is 7.89. The average molecular weight is 398 g/mol. The lowest BCUT2D eigenvalue weighted by molar-refractivity contribution is -0.0145. The number of halogens is 3. The van der Waals surface area contributed by atoms with Gasteiger partial charge in [-0.05, 0) is 18.2 Å². The van der Waals surface area contributed by atoms with Crippen molar-refractivity contribution >= 4 is 17.6 Å². The van der Waals surface area contributed by atoms with Gasteiger partial charge >= 0.3 is 6.09 Å². The molecule has 0 unspecified atom stereocenters. The van der Waals surface area contributed by atoms with Crippen molar-refractivity contribution in [3.05, 3.63) is 41.7 Å². The van der Waals surface area contributed by atoms with Crippen LogP contribution in [0.15, 0.2) is 33.9 Å². The van der Waals surface area contributed by atoms with Crippen LogP contribution in [0.5, 0.6) is 5.88 Å². The van der Waals surface area contributed by atoms with Gasteiger partial charge in [-0.3, -0.25) is 10.3 Å². The van der Waals surface area contributed by atoms with Crippen LogP contribution in [0, 0.1) is 5.82 Å². The number of aliphatic imine (C=N–C) groups is 1. The molecular formula is C17H17F3N4O4. The Morgan fingerprint density at radius 1 is 1.46 bits per heavy atom. The molecule has 0 aliphatic carbocycles. The van der Waals surface area contributed by atoms with E-state index in [0.29, 0.717) is 12.3 Å². The summed E-state index contributed by atoms with van der Waals surface area (Å²) in [6, 6.07) is 3.16. The van der Waals surface area contributed by atoms with Gasteiger partial charge < -0.3 is 19.6 Å². The van der Waals surface area contributed by atoms with E-state index in [2.05, 4.69) is 15.3 Å². The number of nitrogens with zero attached hydrogens (tertiary/aromatic N) is 2. The number of rotatable bonds is 5. The van der Waals surface area contributed by atoms with E-state index in [-0.39, 0.29) is 24.0 Å². The zero-order valence-electron chi connectivity index (χ0n) is 14.7. The number of oxazole rings is 1. The Morgan fingerprint density at radius 3 is 2.89 bits per heavy atom. The second-order valence-corrected chi connectivity index (χ2v) is 5.96. The molecular weight excluding hydrogens is 381 g/mol. The lowest BCUT2D eigenvalue weighted by Crippen LogP contribution is -2.45. The average Bonchev–Trinajstić information content (AvgIpc) is 3.10. The number of amides is 1. The highest BCUT2D eigenvalue weighted by Gasteiger charge is 2.46. The number of hydrogen-bond acceptors (Lipinski definition) is 7. The van der Waals surface area contributed by atoms with Gasteiger partial charge in [-0.25, -0.2) is 18.0 Å². The third-order valence-electron chi connectivity index (χ3n) is 3.99. The minimum absolute atomic E-state index is 0.0139. The molecule has 11 heteroatoms. The molecule has 0 radical (unpaired) electrons. The Hall–Kier alpha value is -3.08. The van der Waals surface area contributed by atoms with Crippen molar-refractivity contribution in [2.75, 3.05) is 18.5 Å². The molecule has 1 aliphatic heterocycles. The van der Waals surface area contributed by atoms with Crippen LogP contribution >= 0.6 is 0 Å².